The molecule has 3 aromatic rings. The zero-order valence-electron chi connectivity index (χ0n) is 20.9. The van der Waals surface area contributed by atoms with Crippen molar-refractivity contribution in [3.8, 4) is 28.6 Å². The third kappa shape index (κ3) is 5.19. The molecule has 1 aliphatic heterocycles. The van der Waals surface area contributed by atoms with Gasteiger partial charge in [0.2, 0.25) is 23.2 Å². The number of benzene rings is 2. The molecule has 0 unspecified atom stereocenters. The van der Waals surface area contributed by atoms with E-state index in [1.54, 1.807) is 36.9 Å². The fourth-order valence-electron chi connectivity index (χ4n) is 3.89. The number of aryl methyl sites for hydroxylation is 1. The van der Waals surface area contributed by atoms with Gasteiger partial charge < -0.3 is 14.2 Å². The molecule has 2 aromatic carbocycles. The molecule has 0 saturated heterocycles. The van der Waals surface area contributed by atoms with Crippen LogP contribution in [0.1, 0.15) is 44.5 Å². The van der Waals surface area contributed by atoms with Crippen molar-refractivity contribution in [2.75, 3.05) is 24.9 Å². The van der Waals surface area contributed by atoms with Crippen molar-refractivity contribution in [2.24, 2.45) is 5.92 Å². The van der Waals surface area contributed by atoms with Crippen molar-refractivity contribution in [1.29, 1.82) is 0 Å². The van der Waals surface area contributed by atoms with Crippen molar-refractivity contribution in [3.63, 3.8) is 0 Å². The number of thioether (sulfide) groups is 1. The molecule has 35 heavy (non-hydrogen) atoms. The predicted molar refractivity (Wildman–Crippen MR) is 136 cm³/mol. The van der Waals surface area contributed by atoms with Crippen molar-refractivity contribution in [3.05, 3.63) is 47.5 Å². The molecule has 0 saturated carbocycles. The van der Waals surface area contributed by atoms with Gasteiger partial charge in [-0.3, -0.25) is 9.69 Å². The second-order valence-electron chi connectivity index (χ2n) is 8.77. The van der Waals surface area contributed by atoms with Crippen LogP contribution in [0.4, 0.5) is 5.69 Å². The molecule has 0 N–H and O–H groups in total. The normalized spacial score (nSPS) is 14.6. The number of fused-ring (bicyclic) bond motifs is 3. The Kier molecular flexibility index (Phi) is 7.45. The molecule has 9 heteroatoms. The Morgan fingerprint density at radius 2 is 1.94 bits per heavy atom. The van der Waals surface area contributed by atoms with E-state index in [2.05, 4.69) is 24.0 Å². The largest absolute Gasteiger partial charge is 0.497 e. The maximum Gasteiger partial charge on any atom is 0.247 e. The number of aromatic nitrogens is 3. The molecule has 0 fully saturated rings. The van der Waals surface area contributed by atoms with Gasteiger partial charge in [-0.25, -0.2) is 0 Å². The zero-order chi connectivity index (χ0) is 25.1. The molecular formula is C26H30N4O4S. The average molecular weight is 495 g/mol. The highest BCUT2D eigenvalue weighted by Gasteiger charge is 2.36. The van der Waals surface area contributed by atoms with Gasteiger partial charge in [-0.05, 0) is 43.5 Å². The fourth-order valence-corrected chi connectivity index (χ4v) is 4.91. The highest BCUT2D eigenvalue weighted by Crippen LogP contribution is 2.45. The first-order valence-electron chi connectivity index (χ1n) is 11.5. The van der Waals surface area contributed by atoms with Gasteiger partial charge in [-0.2, -0.15) is 4.98 Å². The second kappa shape index (κ2) is 10.5. The third-order valence-corrected chi connectivity index (χ3v) is 6.60. The van der Waals surface area contributed by atoms with Crippen LogP contribution in [0.15, 0.2) is 41.6 Å². The van der Waals surface area contributed by atoms with E-state index in [1.165, 1.54) is 6.92 Å². The SMILES string of the molecule is COc1ccc([C@H]2Oc3nc(SCCC(C)C)nnc3-c3cc(C)ccc3N2C(C)=O)c(OC)c1. The number of ether oxygens (including phenoxy) is 3. The van der Waals surface area contributed by atoms with Crippen LogP contribution in [0.5, 0.6) is 17.4 Å². The Hall–Kier alpha value is -3.33. The van der Waals surface area contributed by atoms with Crippen LogP contribution in [0.25, 0.3) is 11.3 Å². The van der Waals surface area contributed by atoms with Gasteiger partial charge in [0.05, 0.1) is 25.5 Å². The van der Waals surface area contributed by atoms with E-state index in [4.69, 9.17) is 19.2 Å². The van der Waals surface area contributed by atoms with Gasteiger partial charge >= 0.3 is 0 Å². The molecule has 184 valence electrons. The van der Waals surface area contributed by atoms with E-state index in [1.807, 2.05) is 37.3 Å². The summed E-state index contributed by atoms with van der Waals surface area (Å²) in [6.07, 6.45) is 0.207. The predicted octanol–water partition coefficient (Wildman–Crippen LogP) is 5.45. The number of nitrogens with zero attached hydrogens (tertiary/aromatic N) is 4. The van der Waals surface area contributed by atoms with Gasteiger partial charge in [0.15, 0.2) is 5.69 Å². The minimum atomic E-state index is -0.832. The van der Waals surface area contributed by atoms with Crippen LogP contribution in [-0.4, -0.2) is 41.1 Å². The molecule has 0 bridgehead atoms. The zero-order valence-corrected chi connectivity index (χ0v) is 21.7. The van der Waals surface area contributed by atoms with E-state index in [0.717, 1.165) is 23.3 Å². The van der Waals surface area contributed by atoms with Crippen LogP contribution in [0.2, 0.25) is 0 Å². The number of amides is 1. The van der Waals surface area contributed by atoms with E-state index >= 15 is 0 Å². The number of hydrogen-bond donors (Lipinski definition) is 0. The van der Waals surface area contributed by atoms with Gasteiger partial charge in [-0.1, -0.05) is 37.2 Å². The molecule has 8 nitrogen and oxygen atoms in total. The van der Waals surface area contributed by atoms with Crippen molar-refractivity contribution in [1.82, 2.24) is 15.2 Å². The summed E-state index contributed by atoms with van der Waals surface area (Å²) in [6, 6.07) is 11.3. The highest BCUT2D eigenvalue weighted by atomic mass is 32.2. The molecule has 1 amide bonds. The van der Waals surface area contributed by atoms with Gasteiger partial charge in [0.1, 0.15) is 11.5 Å². The lowest BCUT2D eigenvalue weighted by Gasteiger charge is -2.30. The molecule has 1 aromatic heterocycles. The van der Waals surface area contributed by atoms with Crippen LogP contribution in [0, 0.1) is 12.8 Å². The second-order valence-corrected chi connectivity index (χ2v) is 9.83. The Balaban J connectivity index is 1.88. The van der Waals surface area contributed by atoms with Gasteiger partial charge in [-0.15, -0.1) is 10.2 Å². The van der Waals surface area contributed by atoms with Crippen LogP contribution in [-0.2, 0) is 4.79 Å². The first-order chi connectivity index (χ1) is 16.8. The third-order valence-electron chi connectivity index (χ3n) is 5.73. The minimum Gasteiger partial charge on any atom is -0.497 e. The summed E-state index contributed by atoms with van der Waals surface area (Å²) < 4.78 is 17.5. The lowest BCUT2D eigenvalue weighted by Crippen LogP contribution is -2.36. The van der Waals surface area contributed by atoms with Crippen LogP contribution >= 0.6 is 11.8 Å². The Morgan fingerprint density at radius 3 is 2.63 bits per heavy atom. The quantitative estimate of drug-likeness (QED) is 0.401. The molecule has 0 radical (unpaired) electrons. The number of anilines is 1. The lowest BCUT2D eigenvalue weighted by atomic mass is 10.0. The number of rotatable bonds is 7. The van der Waals surface area contributed by atoms with Crippen LogP contribution in [0.3, 0.4) is 0 Å². The van der Waals surface area contributed by atoms with Crippen molar-refractivity contribution < 1.29 is 19.0 Å². The van der Waals surface area contributed by atoms with E-state index in [9.17, 15) is 4.79 Å². The molecule has 1 aliphatic rings. The molecule has 1 atom stereocenters. The van der Waals surface area contributed by atoms with Gasteiger partial charge in [0.25, 0.3) is 0 Å². The molecule has 0 aliphatic carbocycles. The van der Waals surface area contributed by atoms with Crippen molar-refractivity contribution in [2.45, 2.75) is 45.5 Å². The maximum atomic E-state index is 13.0. The topological polar surface area (TPSA) is 86.7 Å². The number of carbonyl (C=O) groups is 1. The standard InChI is InChI=1S/C26H30N4O4S/c1-15(2)11-12-35-26-27-24-23(28-29-26)20-13-16(3)7-10-21(20)30(17(4)31)25(34-24)19-9-8-18(32-5)14-22(19)33-6/h7-10,13-15,25H,11-12H2,1-6H3/t25-/m1/s1. The Bertz CT molecular complexity index is 1230. The molecular weight excluding hydrogens is 464 g/mol. The van der Waals surface area contributed by atoms with Gasteiger partial charge in [0, 0.05) is 24.3 Å². The fraction of sp³-hybridized carbons (Fsp3) is 0.385. The first-order valence-corrected chi connectivity index (χ1v) is 12.5. The highest BCUT2D eigenvalue weighted by molar-refractivity contribution is 7.99. The Labute approximate surface area is 210 Å². The monoisotopic (exact) mass is 494 g/mol. The van der Waals surface area contributed by atoms with E-state index < -0.39 is 6.23 Å². The summed E-state index contributed by atoms with van der Waals surface area (Å²) >= 11 is 1.54. The van der Waals surface area contributed by atoms with E-state index in [-0.39, 0.29) is 5.91 Å². The number of methoxy groups -OCH3 is 2. The first kappa shape index (κ1) is 24.8. The smallest absolute Gasteiger partial charge is 0.247 e. The van der Waals surface area contributed by atoms with Crippen LogP contribution < -0.4 is 19.1 Å². The average Bonchev–Trinajstić information content (AvgIpc) is 2.97. The number of carbonyl (C=O) groups excluding carboxylic acids is 1. The summed E-state index contributed by atoms with van der Waals surface area (Å²) in [7, 11) is 3.17. The maximum absolute atomic E-state index is 13.0. The summed E-state index contributed by atoms with van der Waals surface area (Å²) in [6.45, 7) is 7.87. The lowest BCUT2D eigenvalue weighted by molar-refractivity contribution is -0.118. The summed E-state index contributed by atoms with van der Waals surface area (Å²) in [4.78, 5) is 19.4. The summed E-state index contributed by atoms with van der Waals surface area (Å²) in [5, 5.41) is 9.40. The summed E-state index contributed by atoms with van der Waals surface area (Å²) in [5.74, 6) is 2.77. The molecule has 0 spiro atoms. The Morgan fingerprint density at radius 1 is 1.14 bits per heavy atom. The molecule has 2 heterocycles. The van der Waals surface area contributed by atoms with E-state index in [0.29, 0.717) is 45.4 Å². The summed E-state index contributed by atoms with van der Waals surface area (Å²) in [5.41, 5.74) is 3.59. The van der Waals surface area contributed by atoms with Crippen molar-refractivity contribution >= 4 is 23.4 Å². The minimum absolute atomic E-state index is 0.190. The molecule has 4 rings (SSSR count). The number of hydrogen-bond acceptors (Lipinski definition) is 8.